The van der Waals surface area contributed by atoms with Crippen LogP contribution in [0, 0.1) is 0 Å². The van der Waals surface area contributed by atoms with Crippen molar-refractivity contribution in [2.75, 3.05) is 6.61 Å². The summed E-state index contributed by atoms with van der Waals surface area (Å²) < 4.78 is 5.41. The molecule has 16 heavy (non-hydrogen) atoms. The van der Waals surface area contributed by atoms with Crippen molar-refractivity contribution in [1.82, 2.24) is 0 Å². The Kier molecular flexibility index (Phi) is 6.39. The van der Waals surface area contributed by atoms with Crippen molar-refractivity contribution in [2.24, 2.45) is 0 Å². The predicted octanol–water partition coefficient (Wildman–Crippen LogP) is 4.37. The van der Waals surface area contributed by atoms with Crippen molar-refractivity contribution in [3.8, 4) is 5.75 Å². The van der Waals surface area contributed by atoms with Gasteiger partial charge in [-0.2, -0.15) is 0 Å². The second-order valence-electron chi connectivity index (χ2n) is 3.96. The molecule has 0 saturated heterocycles. The van der Waals surface area contributed by atoms with Crippen molar-refractivity contribution in [2.45, 2.75) is 39.0 Å². The summed E-state index contributed by atoms with van der Waals surface area (Å²) in [5, 5.41) is 0. The maximum atomic E-state index is 5.41. The van der Waals surface area contributed by atoms with E-state index in [1.54, 1.807) is 0 Å². The van der Waals surface area contributed by atoms with Crippen molar-refractivity contribution in [1.29, 1.82) is 0 Å². The summed E-state index contributed by atoms with van der Waals surface area (Å²) in [5.41, 5.74) is 1.40. The Balaban J connectivity index is 2.23. The van der Waals surface area contributed by atoms with Crippen LogP contribution in [-0.4, -0.2) is 6.61 Å². The second kappa shape index (κ2) is 7.98. The Bertz CT molecular complexity index is 287. The van der Waals surface area contributed by atoms with Gasteiger partial charge in [-0.15, -0.1) is 6.58 Å². The summed E-state index contributed by atoms with van der Waals surface area (Å²) in [6.45, 7) is 6.47. The van der Waals surface area contributed by atoms with E-state index in [2.05, 4.69) is 30.8 Å². The molecular weight excluding hydrogens is 196 g/mol. The van der Waals surface area contributed by atoms with E-state index in [0.29, 0.717) is 0 Å². The lowest BCUT2D eigenvalue weighted by molar-refractivity contribution is 0.340. The summed E-state index contributed by atoms with van der Waals surface area (Å²) in [6.07, 6.45) is 8.13. The van der Waals surface area contributed by atoms with Crippen molar-refractivity contribution in [3.05, 3.63) is 42.5 Å². The zero-order chi connectivity index (χ0) is 11.6. The number of hydrogen-bond acceptors (Lipinski definition) is 1. The summed E-state index contributed by atoms with van der Waals surface area (Å²) >= 11 is 0. The van der Waals surface area contributed by atoms with E-state index in [1.807, 2.05) is 13.0 Å². The Morgan fingerprint density at radius 2 is 1.88 bits per heavy atom. The average Bonchev–Trinajstić information content (AvgIpc) is 2.31. The fourth-order valence-electron chi connectivity index (χ4n) is 1.71. The SMILES string of the molecule is C=CCCCCCc1ccc(OCC)cc1. The number of rotatable bonds is 8. The van der Waals surface area contributed by atoms with E-state index in [-0.39, 0.29) is 0 Å². The van der Waals surface area contributed by atoms with E-state index in [1.165, 1.54) is 31.2 Å². The Hall–Kier alpha value is -1.24. The normalized spacial score (nSPS) is 10.1. The van der Waals surface area contributed by atoms with Gasteiger partial charge in [0.1, 0.15) is 5.75 Å². The number of ether oxygens (including phenoxy) is 1. The van der Waals surface area contributed by atoms with Crippen LogP contribution in [0.4, 0.5) is 0 Å². The van der Waals surface area contributed by atoms with Gasteiger partial charge in [0, 0.05) is 0 Å². The largest absolute Gasteiger partial charge is 0.494 e. The van der Waals surface area contributed by atoms with Gasteiger partial charge < -0.3 is 4.74 Å². The van der Waals surface area contributed by atoms with Crippen molar-refractivity contribution < 1.29 is 4.74 Å². The molecule has 0 atom stereocenters. The van der Waals surface area contributed by atoms with Crippen LogP contribution < -0.4 is 4.74 Å². The molecule has 1 heteroatoms. The maximum absolute atomic E-state index is 5.41. The zero-order valence-corrected chi connectivity index (χ0v) is 10.2. The van der Waals surface area contributed by atoms with Crippen LogP contribution >= 0.6 is 0 Å². The average molecular weight is 218 g/mol. The first-order valence-corrected chi connectivity index (χ1v) is 6.19. The van der Waals surface area contributed by atoms with E-state index in [4.69, 9.17) is 4.74 Å². The van der Waals surface area contributed by atoms with Gasteiger partial charge in [0.2, 0.25) is 0 Å². The third-order valence-electron chi connectivity index (χ3n) is 2.61. The lowest BCUT2D eigenvalue weighted by atomic mass is 10.1. The number of unbranched alkanes of at least 4 members (excludes halogenated alkanes) is 3. The molecule has 88 valence electrons. The highest BCUT2D eigenvalue weighted by Crippen LogP contribution is 2.14. The number of aryl methyl sites for hydroxylation is 1. The fourth-order valence-corrected chi connectivity index (χ4v) is 1.71. The van der Waals surface area contributed by atoms with Gasteiger partial charge in [0.05, 0.1) is 6.61 Å². The van der Waals surface area contributed by atoms with Crippen LogP contribution in [-0.2, 0) is 6.42 Å². The first-order valence-electron chi connectivity index (χ1n) is 6.19. The fraction of sp³-hybridized carbons (Fsp3) is 0.467. The summed E-state index contributed by atoms with van der Waals surface area (Å²) in [7, 11) is 0. The van der Waals surface area contributed by atoms with Crippen LogP contribution in [0.15, 0.2) is 36.9 Å². The Morgan fingerprint density at radius 1 is 1.12 bits per heavy atom. The smallest absolute Gasteiger partial charge is 0.119 e. The highest BCUT2D eigenvalue weighted by molar-refractivity contribution is 5.27. The molecule has 0 fully saturated rings. The third kappa shape index (κ3) is 5.01. The number of hydrogen-bond donors (Lipinski definition) is 0. The zero-order valence-electron chi connectivity index (χ0n) is 10.2. The minimum Gasteiger partial charge on any atom is -0.494 e. The van der Waals surface area contributed by atoms with Gasteiger partial charge >= 0.3 is 0 Å². The molecule has 0 radical (unpaired) electrons. The lowest BCUT2D eigenvalue weighted by Crippen LogP contribution is -1.92. The van der Waals surface area contributed by atoms with E-state index < -0.39 is 0 Å². The van der Waals surface area contributed by atoms with Crippen LogP contribution in [0.25, 0.3) is 0 Å². The first-order chi connectivity index (χ1) is 7.86. The minimum atomic E-state index is 0.737. The molecule has 0 aromatic heterocycles. The number of benzene rings is 1. The molecule has 1 nitrogen and oxygen atoms in total. The molecule has 1 aromatic carbocycles. The monoisotopic (exact) mass is 218 g/mol. The van der Waals surface area contributed by atoms with E-state index in [9.17, 15) is 0 Å². The van der Waals surface area contributed by atoms with Crippen molar-refractivity contribution >= 4 is 0 Å². The predicted molar refractivity (Wildman–Crippen MR) is 70.0 cm³/mol. The van der Waals surface area contributed by atoms with Crippen LogP contribution in [0.2, 0.25) is 0 Å². The molecule has 1 aromatic rings. The molecule has 1 rings (SSSR count). The number of allylic oxidation sites excluding steroid dienone is 1. The van der Waals surface area contributed by atoms with E-state index >= 15 is 0 Å². The van der Waals surface area contributed by atoms with Crippen LogP contribution in [0.3, 0.4) is 0 Å². The standard InChI is InChI=1S/C15H22O/c1-3-5-6-7-8-9-14-10-12-15(13-11-14)16-4-2/h3,10-13H,1,4-9H2,2H3. The Morgan fingerprint density at radius 3 is 2.50 bits per heavy atom. The van der Waals surface area contributed by atoms with Gasteiger partial charge in [0.25, 0.3) is 0 Å². The lowest BCUT2D eigenvalue weighted by Gasteiger charge is -2.04. The molecule has 0 bridgehead atoms. The van der Waals surface area contributed by atoms with Gasteiger partial charge in [-0.25, -0.2) is 0 Å². The summed E-state index contributed by atoms with van der Waals surface area (Å²) in [4.78, 5) is 0. The summed E-state index contributed by atoms with van der Waals surface area (Å²) in [5.74, 6) is 0.970. The maximum Gasteiger partial charge on any atom is 0.119 e. The second-order valence-corrected chi connectivity index (χ2v) is 3.96. The topological polar surface area (TPSA) is 9.23 Å². The van der Waals surface area contributed by atoms with Crippen LogP contribution in [0.1, 0.15) is 38.2 Å². The molecule has 0 aliphatic carbocycles. The highest BCUT2D eigenvalue weighted by atomic mass is 16.5. The molecule has 0 amide bonds. The molecular formula is C15H22O. The molecule has 0 heterocycles. The van der Waals surface area contributed by atoms with E-state index in [0.717, 1.165) is 18.8 Å². The molecule has 0 spiro atoms. The molecule has 0 unspecified atom stereocenters. The first kappa shape index (κ1) is 12.8. The third-order valence-corrected chi connectivity index (χ3v) is 2.61. The molecule has 0 saturated carbocycles. The molecule has 0 aliphatic heterocycles. The molecule has 0 N–H and O–H groups in total. The molecule has 0 aliphatic rings. The van der Waals surface area contributed by atoms with Gasteiger partial charge in [-0.05, 0) is 50.3 Å². The van der Waals surface area contributed by atoms with Gasteiger partial charge in [0.15, 0.2) is 0 Å². The van der Waals surface area contributed by atoms with Crippen molar-refractivity contribution in [3.63, 3.8) is 0 Å². The quantitative estimate of drug-likeness (QED) is 0.465. The Labute approximate surface area is 99.1 Å². The summed E-state index contributed by atoms with van der Waals surface area (Å²) in [6, 6.07) is 8.45. The van der Waals surface area contributed by atoms with Gasteiger partial charge in [-0.1, -0.05) is 24.6 Å². The highest BCUT2D eigenvalue weighted by Gasteiger charge is 1.95. The van der Waals surface area contributed by atoms with Crippen LogP contribution in [0.5, 0.6) is 5.75 Å². The van der Waals surface area contributed by atoms with Gasteiger partial charge in [-0.3, -0.25) is 0 Å². The minimum absolute atomic E-state index is 0.737.